The fraction of sp³-hybridized carbons (Fsp3) is 0.286. The fourth-order valence-corrected chi connectivity index (χ4v) is 2.55. The predicted molar refractivity (Wildman–Crippen MR) is 76.6 cm³/mol. The molecule has 1 aromatic heterocycles. The zero-order chi connectivity index (χ0) is 13.0. The summed E-state index contributed by atoms with van der Waals surface area (Å²) in [6.45, 7) is 4.13. The highest BCUT2D eigenvalue weighted by molar-refractivity contribution is 7.98. The van der Waals surface area contributed by atoms with Crippen LogP contribution in [0.1, 0.15) is 23.9 Å². The Labute approximate surface area is 112 Å². The number of hydrogen-bond donors (Lipinski definition) is 1. The number of nitrogens with zero attached hydrogens (tertiary/aromatic N) is 2. The van der Waals surface area contributed by atoms with E-state index < -0.39 is 0 Å². The molecule has 0 radical (unpaired) electrons. The summed E-state index contributed by atoms with van der Waals surface area (Å²) in [4.78, 5) is 8.64. The summed E-state index contributed by atoms with van der Waals surface area (Å²) in [6.07, 6.45) is 0.809. The molecule has 0 fully saturated rings. The first-order chi connectivity index (χ1) is 8.67. The van der Waals surface area contributed by atoms with E-state index in [0.717, 1.165) is 23.0 Å². The van der Waals surface area contributed by atoms with E-state index in [-0.39, 0.29) is 0 Å². The molecule has 0 saturated heterocycles. The second kappa shape index (κ2) is 5.87. The predicted octanol–water partition coefficient (Wildman–Crippen LogP) is 3.22. The van der Waals surface area contributed by atoms with Crippen molar-refractivity contribution in [3.63, 3.8) is 0 Å². The van der Waals surface area contributed by atoms with Crippen molar-refractivity contribution in [2.75, 3.05) is 5.73 Å². The van der Waals surface area contributed by atoms with Gasteiger partial charge in [-0.2, -0.15) is 0 Å². The van der Waals surface area contributed by atoms with Crippen LogP contribution in [0, 0.1) is 6.92 Å². The average molecular weight is 259 g/mol. The van der Waals surface area contributed by atoms with Crippen molar-refractivity contribution in [1.29, 1.82) is 0 Å². The minimum absolute atomic E-state index is 0.550. The quantitative estimate of drug-likeness (QED) is 0.676. The van der Waals surface area contributed by atoms with Crippen LogP contribution in [0.15, 0.2) is 35.4 Å². The van der Waals surface area contributed by atoms with E-state index in [1.165, 1.54) is 11.1 Å². The second-order valence-corrected chi connectivity index (χ2v) is 5.17. The Kier molecular flexibility index (Phi) is 4.20. The number of nitrogen functional groups attached to an aromatic ring is 1. The van der Waals surface area contributed by atoms with Crippen molar-refractivity contribution in [1.82, 2.24) is 9.97 Å². The standard InChI is InChI=1S/C14H17N3S/c1-3-13-16-12(15)8-14(17-13)18-9-11-6-4-5-10(2)7-11/h4-8H,3,9H2,1-2H3,(H2,15,16,17). The zero-order valence-electron chi connectivity index (χ0n) is 10.7. The molecule has 2 N–H and O–H groups in total. The number of anilines is 1. The lowest BCUT2D eigenvalue weighted by atomic mass is 10.2. The van der Waals surface area contributed by atoms with Crippen LogP contribution in [0.25, 0.3) is 0 Å². The van der Waals surface area contributed by atoms with Crippen LogP contribution in [0.4, 0.5) is 5.82 Å². The van der Waals surface area contributed by atoms with E-state index in [2.05, 4.69) is 41.2 Å². The van der Waals surface area contributed by atoms with Gasteiger partial charge in [0.15, 0.2) is 0 Å². The Morgan fingerprint density at radius 2 is 2.06 bits per heavy atom. The Hall–Kier alpha value is -1.55. The third-order valence-corrected chi connectivity index (χ3v) is 3.54. The van der Waals surface area contributed by atoms with Gasteiger partial charge in [-0.05, 0) is 12.5 Å². The summed E-state index contributed by atoms with van der Waals surface area (Å²) < 4.78 is 0. The molecular formula is C14H17N3S. The molecule has 0 bridgehead atoms. The smallest absolute Gasteiger partial charge is 0.131 e. The maximum Gasteiger partial charge on any atom is 0.131 e. The third-order valence-electron chi connectivity index (χ3n) is 2.55. The van der Waals surface area contributed by atoms with Crippen LogP contribution in [-0.4, -0.2) is 9.97 Å². The van der Waals surface area contributed by atoms with Gasteiger partial charge in [-0.1, -0.05) is 36.8 Å². The molecule has 0 unspecified atom stereocenters. The van der Waals surface area contributed by atoms with Gasteiger partial charge in [0.05, 0.1) is 0 Å². The van der Waals surface area contributed by atoms with Gasteiger partial charge in [-0.25, -0.2) is 9.97 Å². The molecule has 94 valence electrons. The van der Waals surface area contributed by atoms with Gasteiger partial charge in [0.1, 0.15) is 16.7 Å². The number of rotatable bonds is 4. The molecule has 3 nitrogen and oxygen atoms in total. The first-order valence-electron chi connectivity index (χ1n) is 5.99. The lowest BCUT2D eigenvalue weighted by Gasteiger charge is -2.05. The molecule has 0 aliphatic heterocycles. The van der Waals surface area contributed by atoms with E-state index >= 15 is 0 Å². The van der Waals surface area contributed by atoms with Crippen LogP contribution in [0.5, 0.6) is 0 Å². The molecule has 0 atom stereocenters. The molecule has 18 heavy (non-hydrogen) atoms. The maximum atomic E-state index is 5.76. The molecule has 0 aliphatic rings. The van der Waals surface area contributed by atoms with Crippen LogP contribution in [0.3, 0.4) is 0 Å². The van der Waals surface area contributed by atoms with Gasteiger partial charge in [0.25, 0.3) is 0 Å². The molecule has 1 aromatic carbocycles. The normalized spacial score (nSPS) is 10.6. The summed E-state index contributed by atoms with van der Waals surface area (Å²) in [5.74, 6) is 2.26. The first kappa shape index (κ1) is 12.9. The Balaban J connectivity index is 2.08. The van der Waals surface area contributed by atoms with Crippen molar-refractivity contribution < 1.29 is 0 Å². The lowest BCUT2D eigenvalue weighted by Crippen LogP contribution is -1.99. The van der Waals surface area contributed by atoms with Crippen molar-refractivity contribution in [2.24, 2.45) is 0 Å². The molecule has 0 spiro atoms. The Bertz CT molecular complexity index is 540. The second-order valence-electron chi connectivity index (χ2n) is 4.18. The molecule has 1 heterocycles. The number of nitrogens with two attached hydrogens (primary N) is 1. The molecule has 2 rings (SSSR count). The SMILES string of the molecule is CCc1nc(N)cc(SCc2cccc(C)c2)n1. The zero-order valence-corrected chi connectivity index (χ0v) is 11.5. The van der Waals surface area contributed by atoms with Gasteiger partial charge in [-0.15, -0.1) is 11.8 Å². The van der Waals surface area contributed by atoms with Crippen molar-refractivity contribution >= 4 is 17.6 Å². The number of benzene rings is 1. The Morgan fingerprint density at radius 3 is 2.78 bits per heavy atom. The number of aromatic nitrogens is 2. The summed E-state index contributed by atoms with van der Waals surface area (Å²) in [5.41, 5.74) is 8.35. The molecule has 2 aromatic rings. The summed E-state index contributed by atoms with van der Waals surface area (Å²) in [6, 6.07) is 10.3. The summed E-state index contributed by atoms with van der Waals surface area (Å²) in [7, 11) is 0. The number of hydrogen-bond acceptors (Lipinski definition) is 4. The third kappa shape index (κ3) is 3.47. The van der Waals surface area contributed by atoms with Crippen LogP contribution >= 0.6 is 11.8 Å². The minimum Gasteiger partial charge on any atom is -0.384 e. The van der Waals surface area contributed by atoms with E-state index in [4.69, 9.17) is 5.73 Å². The van der Waals surface area contributed by atoms with Gasteiger partial charge in [0, 0.05) is 18.2 Å². The lowest BCUT2D eigenvalue weighted by molar-refractivity contribution is 0.894. The maximum absolute atomic E-state index is 5.76. The van der Waals surface area contributed by atoms with E-state index in [9.17, 15) is 0 Å². The van der Waals surface area contributed by atoms with Gasteiger partial charge < -0.3 is 5.73 Å². The van der Waals surface area contributed by atoms with E-state index in [0.29, 0.717) is 5.82 Å². The summed E-state index contributed by atoms with van der Waals surface area (Å²) in [5, 5.41) is 0.945. The van der Waals surface area contributed by atoms with Crippen molar-refractivity contribution in [3.05, 3.63) is 47.3 Å². The van der Waals surface area contributed by atoms with Gasteiger partial charge in [-0.3, -0.25) is 0 Å². The summed E-state index contributed by atoms with van der Waals surface area (Å²) >= 11 is 1.69. The number of aryl methyl sites for hydroxylation is 2. The highest BCUT2D eigenvalue weighted by Crippen LogP contribution is 2.22. The van der Waals surface area contributed by atoms with Crippen LogP contribution in [0.2, 0.25) is 0 Å². The van der Waals surface area contributed by atoms with Crippen LogP contribution < -0.4 is 5.73 Å². The van der Waals surface area contributed by atoms with E-state index in [1.54, 1.807) is 11.8 Å². The van der Waals surface area contributed by atoms with Gasteiger partial charge >= 0.3 is 0 Å². The Morgan fingerprint density at radius 1 is 1.22 bits per heavy atom. The van der Waals surface area contributed by atoms with E-state index in [1.807, 2.05) is 13.0 Å². The van der Waals surface area contributed by atoms with Crippen LogP contribution in [-0.2, 0) is 12.2 Å². The molecule has 0 amide bonds. The molecule has 4 heteroatoms. The highest BCUT2D eigenvalue weighted by atomic mass is 32.2. The molecule has 0 aliphatic carbocycles. The largest absolute Gasteiger partial charge is 0.384 e. The van der Waals surface area contributed by atoms with Crippen molar-refractivity contribution in [3.8, 4) is 0 Å². The van der Waals surface area contributed by atoms with Crippen molar-refractivity contribution in [2.45, 2.75) is 31.0 Å². The van der Waals surface area contributed by atoms with Gasteiger partial charge in [0.2, 0.25) is 0 Å². The monoisotopic (exact) mass is 259 g/mol. The molecule has 0 saturated carbocycles. The fourth-order valence-electron chi connectivity index (χ4n) is 1.68. The number of thioether (sulfide) groups is 1. The minimum atomic E-state index is 0.550. The highest BCUT2D eigenvalue weighted by Gasteiger charge is 2.03. The molecular weight excluding hydrogens is 242 g/mol. The first-order valence-corrected chi connectivity index (χ1v) is 6.97. The topological polar surface area (TPSA) is 51.8 Å². The average Bonchev–Trinajstić information content (AvgIpc) is 2.36.